The molecule has 4 heteroatoms. The number of fused-ring (bicyclic) bond motifs is 1. The minimum atomic E-state index is -0.301. The van der Waals surface area contributed by atoms with Gasteiger partial charge in [0.2, 0.25) is 0 Å². The molecule has 4 rings (SSSR count). The van der Waals surface area contributed by atoms with Crippen molar-refractivity contribution in [1.82, 2.24) is 9.88 Å². The Labute approximate surface area is 140 Å². The number of benzene rings is 2. The normalized spacial score (nSPS) is 17.5. The van der Waals surface area contributed by atoms with Crippen LogP contribution in [0.5, 0.6) is 0 Å². The average molecular weight is 322 g/mol. The standard InChI is InChI=1S/C20H19FN2O/c21-17-9-4-10-18-16(17)13-19(22-18)20(24)23-11-5-8-15(23)12-14-6-2-1-3-7-14/h1-4,6-7,9-10,13,15,22H,5,8,11-12H2. The van der Waals surface area contributed by atoms with Crippen molar-refractivity contribution in [2.24, 2.45) is 0 Å². The van der Waals surface area contributed by atoms with Gasteiger partial charge < -0.3 is 9.88 Å². The fraction of sp³-hybridized carbons (Fsp3) is 0.250. The summed E-state index contributed by atoms with van der Waals surface area (Å²) in [6.07, 6.45) is 2.88. The molecule has 122 valence electrons. The Hall–Kier alpha value is -2.62. The first-order valence-corrected chi connectivity index (χ1v) is 8.34. The molecule has 1 aliphatic rings. The number of halogens is 1. The number of nitrogens with one attached hydrogen (secondary N) is 1. The van der Waals surface area contributed by atoms with Gasteiger partial charge in [-0.2, -0.15) is 0 Å². The number of H-pyrrole nitrogens is 1. The Morgan fingerprint density at radius 1 is 1.17 bits per heavy atom. The van der Waals surface area contributed by atoms with Gasteiger partial charge in [-0.3, -0.25) is 4.79 Å². The van der Waals surface area contributed by atoms with E-state index in [0.29, 0.717) is 16.6 Å². The van der Waals surface area contributed by atoms with E-state index in [2.05, 4.69) is 17.1 Å². The number of aromatic nitrogens is 1. The van der Waals surface area contributed by atoms with Gasteiger partial charge in [-0.05, 0) is 43.0 Å². The second-order valence-electron chi connectivity index (χ2n) is 6.37. The minimum Gasteiger partial charge on any atom is -0.350 e. The molecule has 1 unspecified atom stereocenters. The van der Waals surface area contributed by atoms with E-state index in [1.54, 1.807) is 18.2 Å². The molecule has 0 saturated carbocycles. The van der Waals surface area contributed by atoms with Crippen LogP contribution in [-0.2, 0) is 6.42 Å². The van der Waals surface area contributed by atoms with Crippen molar-refractivity contribution in [2.45, 2.75) is 25.3 Å². The average Bonchev–Trinajstić information content (AvgIpc) is 3.23. The number of rotatable bonds is 3. The molecule has 0 aliphatic carbocycles. The third-order valence-electron chi connectivity index (χ3n) is 4.79. The number of hydrogen-bond donors (Lipinski definition) is 1. The molecule has 3 aromatic rings. The summed E-state index contributed by atoms with van der Waals surface area (Å²) in [5.74, 6) is -0.339. The molecular weight excluding hydrogens is 303 g/mol. The van der Waals surface area contributed by atoms with E-state index in [4.69, 9.17) is 0 Å². The van der Waals surface area contributed by atoms with Crippen molar-refractivity contribution in [2.75, 3.05) is 6.54 Å². The number of aromatic amines is 1. The van der Waals surface area contributed by atoms with Crippen LogP contribution in [0.2, 0.25) is 0 Å². The number of amides is 1. The van der Waals surface area contributed by atoms with E-state index in [1.165, 1.54) is 11.6 Å². The number of nitrogens with zero attached hydrogens (tertiary/aromatic N) is 1. The summed E-state index contributed by atoms with van der Waals surface area (Å²) in [5, 5.41) is 0.472. The van der Waals surface area contributed by atoms with Crippen LogP contribution in [0.25, 0.3) is 10.9 Å². The summed E-state index contributed by atoms with van der Waals surface area (Å²) < 4.78 is 13.9. The molecule has 1 amide bonds. The van der Waals surface area contributed by atoms with Crippen molar-refractivity contribution in [3.63, 3.8) is 0 Å². The maximum Gasteiger partial charge on any atom is 0.270 e. The van der Waals surface area contributed by atoms with E-state index in [-0.39, 0.29) is 17.8 Å². The second-order valence-corrected chi connectivity index (χ2v) is 6.37. The van der Waals surface area contributed by atoms with Crippen LogP contribution in [0, 0.1) is 5.82 Å². The number of hydrogen-bond acceptors (Lipinski definition) is 1. The monoisotopic (exact) mass is 322 g/mol. The van der Waals surface area contributed by atoms with E-state index in [0.717, 1.165) is 25.8 Å². The lowest BCUT2D eigenvalue weighted by molar-refractivity contribution is 0.0731. The van der Waals surface area contributed by atoms with Crippen molar-refractivity contribution in [1.29, 1.82) is 0 Å². The van der Waals surface area contributed by atoms with Crippen LogP contribution in [-0.4, -0.2) is 28.4 Å². The fourth-order valence-electron chi connectivity index (χ4n) is 3.59. The molecule has 1 aliphatic heterocycles. The summed E-state index contributed by atoms with van der Waals surface area (Å²) in [6.45, 7) is 0.758. The molecule has 0 bridgehead atoms. The molecular formula is C20H19FN2O. The third kappa shape index (κ3) is 2.68. The molecule has 1 fully saturated rings. The number of likely N-dealkylation sites (tertiary alicyclic amines) is 1. The van der Waals surface area contributed by atoms with Gasteiger partial charge >= 0.3 is 0 Å². The van der Waals surface area contributed by atoms with Crippen molar-refractivity contribution in [3.05, 3.63) is 71.7 Å². The Kier molecular flexibility index (Phi) is 3.81. The SMILES string of the molecule is O=C(c1cc2c(F)cccc2[nH]1)N1CCCC1Cc1ccccc1. The lowest BCUT2D eigenvalue weighted by atomic mass is 10.0. The van der Waals surface area contributed by atoms with Gasteiger partial charge in [-0.15, -0.1) is 0 Å². The van der Waals surface area contributed by atoms with Crippen molar-refractivity contribution >= 4 is 16.8 Å². The van der Waals surface area contributed by atoms with Crippen LogP contribution in [0.1, 0.15) is 28.9 Å². The van der Waals surface area contributed by atoms with Gasteiger partial charge in [0.25, 0.3) is 5.91 Å². The maximum atomic E-state index is 13.9. The summed E-state index contributed by atoms with van der Waals surface area (Å²) in [5.41, 5.74) is 2.37. The van der Waals surface area contributed by atoms with E-state index in [1.807, 2.05) is 23.1 Å². The zero-order valence-corrected chi connectivity index (χ0v) is 13.3. The first-order chi connectivity index (χ1) is 11.7. The molecule has 2 heterocycles. The summed E-state index contributed by atoms with van der Waals surface area (Å²) in [4.78, 5) is 17.9. The van der Waals surface area contributed by atoms with Gasteiger partial charge in [-0.25, -0.2) is 4.39 Å². The Balaban J connectivity index is 1.59. The Morgan fingerprint density at radius 2 is 2.00 bits per heavy atom. The number of carbonyl (C=O) groups is 1. The summed E-state index contributed by atoms with van der Waals surface area (Å²) >= 11 is 0. The zero-order chi connectivity index (χ0) is 16.5. The van der Waals surface area contributed by atoms with Crippen LogP contribution < -0.4 is 0 Å². The van der Waals surface area contributed by atoms with Gasteiger partial charge in [0, 0.05) is 23.5 Å². The van der Waals surface area contributed by atoms with E-state index in [9.17, 15) is 9.18 Å². The highest BCUT2D eigenvalue weighted by Gasteiger charge is 2.30. The highest BCUT2D eigenvalue weighted by Crippen LogP contribution is 2.25. The second kappa shape index (κ2) is 6.11. The first kappa shape index (κ1) is 14.9. The predicted octanol–water partition coefficient (Wildman–Crippen LogP) is 4.15. The van der Waals surface area contributed by atoms with Gasteiger partial charge in [0.1, 0.15) is 11.5 Å². The molecule has 0 spiro atoms. The fourth-order valence-corrected chi connectivity index (χ4v) is 3.59. The number of carbonyl (C=O) groups excluding carboxylic acids is 1. The topological polar surface area (TPSA) is 36.1 Å². The summed E-state index contributed by atoms with van der Waals surface area (Å²) in [6, 6.07) is 16.9. The van der Waals surface area contributed by atoms with Crippen molar-refractivity contribution < 1.29 is 9.18 Å². The Morgan fingerprint density at radius 3 is 2.79 bits per heavy atom. The van der Waals surface area contributed by atoms with E-state index >= 15 is 0 Å². The molecule has 2 aromatic carbocycles. The Bertz CT molecular complexity index is 872. The van der Waals surface area contributed by atoms with E-state index < -0.39 is 0 Å². The van der Waals surface area contributed by atoms with Crippen molar-refractivity contribution in [3.8, 4) is 0 Å². The largest absolute Gasteiger partial charge is 0.350 e. The third-order valence-corrected chi connectivity index (χ3v) is 4.79. The van der Waals surface area contributed by atoms with Crippen LogP contribution in [0.3, 0.4) is 0 Å². The molecule has 1 atom stereocenters. The predicted molar refractivity (Wildman–Crippen MR) is 92.5 cm³/mol. The smallest absolute Gasteiger partial charge is 0.270 e. The lowest BCUT2D eigenvalue weighted by Crippen LogP contribution is -2.37. The molecule has 1 saturated heterocycles. The minimum absolute atomic E-state index is 0.0379. The molecule has 1 N–H and O–H groups in total. The van der Waals surface area contributed by atoms with Gasteiger partial charge in [-0.1, -0.05) is 36.4 Å². The molecule has 1 aromatic heterocycles. The quantitative estimate of drug-likeness (QED) is 0.772. The van der Waals surface area contributed by atoms with Gasteiger partial charge in [0.15, 0.2) is 0 Å². The van der Waals surface area contributed by atoms with Crippen LogP contribution in [0.15, 0.2) is 54.6 Å². The molecule has 24 heavy (non-hydrogen) atoms. The highest BCUT2D eigenvalue weighted by atomic mass is 19.1. The maximum absolute atomic E-state index is 13.9. The lowest BCUT2D eigenvalue weighted by Gasteiger charge is -2.24. The first-order valence-electron chi connectivity index (χ1n) is 8.34. The summed E-state index contributed by atoms with van der Waals surface area (Å²) in [7, 11) is 0. The zero-order valence-electron chi connectivity index (χ0n) is 13.3. The van der Waals surface area contributed by atoms with Gasteiger partial charge in [0.05, 0.1) is 0 Å². The highest BCUT2D eigenvalue weighted by molar-refractivity contribution is 5.98. The van der Waals surface area contributed by atoms with Crippen LogP contribution >= 0.6 is 0 Å². The molecule has 3 nitrogen and oxygen atoms in total. The molecule has 0 radical (unpaired) electrons. The van der Waals surface area contributed by atoms with Crippen LogP contribution in [0.4, 0.5) is 4.39 Å².